The summed E-state index contributed by atoms with van der Waals surface area (Å²) in [7, 11) is 1.43. The molecule has 0 spiro atoms. The molecule has 1 N–H and O–H groups in total. The first-order valence-electron chi connectivity index (χ1n) is 21.0. The van der Waals surface area contributed by atoms with Gasteiger partial charge in [0, 0.05) is 23.8 Å². The molecule has 0 aliphatic carbocycles. The highest BCUT2D eigenvalue weighted by molar-refractivity contribution is 7.44. The average Bonchev–Trinajstić information content (AvgIpc) is 3.73. The third-order valence-electron chi connectivity index (χ3n) is 11.4. The minimum absolute atomic E-state index is 0.000782. The largest absolute Gasteiger partial charge is 0.497 e. The van der Waals surface area contributed by atoms with Crippen molar-refractivity contribution in [2.75, 3.05) is 32.8 Å². The summed E-state index contributed by atoms with van der Waals surface area (Å²) in [4.78, 5) is 31.2. The molecule has 1 amide bonds. The molecule has 14 nitrogen and oxygen atoms in total. The van der Waals surface area contributed by atoms with E-state index in [4.69, 9.17) is 32.7 Å². The molecule has 5 aromatic rings. The first-order valence-corrected chi connectivity index (χ1v) is 22.1. The molecule has 2 saturated heterocycles. The Hall–Kier alpha value is -5.49. The summed E-state index contributed by atoms with van der Waals surface area (Å²) in [5.41, 5.74) is -0.352. The van der Waals surface area contributed by atoms with Gasteiger partial charge in [0.15, 0.2) is 6.23 Å². The van der Waals surface area contributed by atoms with Crippen LogP contribution in [0.1, 0.15) is 74.3 Å². The van der Waals surface area contributed by atoms with Gasteiger partial charge < -0.3 is 38.0 Å². The van der Waals surface area contributed by atoms with Crippen LogP contribution < -0.4 is 20.5 Å². The van der Waals surface area contributed by atoms with Crippen molar-refractivity contribution in [3.63, 3.8) is 0 Å². The predicted molar refractivity (Wildman–Crippen MR) is 238 cm³/mol. The molecule has 15 heteroatoms. The van der Waals surface area contributed by atoms with E-state index in [-0.39, 0.29) is 37.5 Å². The number of carbonyl (C=O) groups excluding carboxylic acids is 1. The van der Waals surface area contributed by atoms with Gasteiger partial charge in [-0.2, -0.15) is 10.2 Å². The maximum absolute atomic E-state index is 14.0. The van der Waals surface area contributed by atoms with Gasteiger partial charge in [0.1, 0.15) is 40.7 Å². The van der Waals surface area contributed by atoms with Crippen LogP contribution in [0.4, 0.5) is 5.82 Å². The summed E-state index contributed by atoms with van der Waals surface area (Å²) in [6, 6.07) is 37.8. The second kappa shape index (κ2) is 19.9. The summed E-state index contributed by atoms with van der Waals surface area (Å²) < 4.78 is 49.6. The van der Waals surface area contributed by atoms with Crippen LogP contribution in [-0.4, -0.2) is 83.6 Å². The summed E-state index contributed by atoms with van der Waals surface area (Å²) in [5, 5.41) is 12.2. The lowest BCUT2D eigenvalue weighted by molar-refractivity contribution is -0.231. The number of hydrogen-bond acceptors (Lipinski definition) is 12. The fraction of sp³-hybridized carbons (Fsp3) is 0.375. The van der Waals surface area contributed by atoms with Gasteiger partial charge in [-0.1, -0.05) is 72.8 Å². The van der Waals surface area contributed by atoms with Crippen molar-refractivity contribution in [3.8, 4) is 17.6 Å². The number of nitrogens with one attached hydrogen (secondary N) is 1. The molecule has 63 heavy (non-hydrogen) atoms. The van der Waals surface area contributed by atoms with E-state index >= 15 is 0 Å². The van der Waals surface area contributed by atoms with Gasteiger partial charge in [-0.05, 0) is 93.8 Å². The molecule has 0 saturated carbocycles. The molecule has 1 unspecified atom stereocenters. The van der Waals surface area contributed by atoms with E-state index in [0.29, 0.717) is 17.1 Å². The highest BCUT2D eigenvalue weighted by Gasteiger charge is 2.68. The van der Waals surface area contributed by atoms with Crippen LogP contribution in [0.15, 0.2) is 126 Å². The molecule has 7 rings (SSSR count). The molecule has 6 atom stereocenters. The van der Waals surface area contributed by atoms with E-state index in [1.807, 2.05) is 91.9 Å². The summed E-state index contributed by atoms with van der Waals surface area (Å²) in [5.74, 6) is 1.04. The Bertz CT molecular complexity index is 2340. The standard InChI is InChI=1S/C48H54N5O9P/c1-32(2)53(33(3)4)63(59-30-14-28-49)62-43-42-45(52-29-27-41(51-46(52)55)50-44(54)35-15-10-8-11-16-35)61-47(43,34(5)60-42)31-58-48(36-17-12-9-13-18-36,37-19-23-39(56-6)24-20-37)38-21-25-40(57-7)26-22-38/h8-13,15-27,29,32-34,42-43,45H,14,30-31H2,1-7H3,(H,50,51,54,55)/t34-,42+,43-,45+,47-,63?/m0/s1. The van der Waals surface area contributed by atoms with Crippen molar-refractivity contribution in [3.05, 3.63) is 154 Å². The number of nitriles is 1. The third kappa shape index (κ3) is 9.28. The van der Waals surface area contributed by atoms with E-state index in [2.05, 4.69) is 48.7 Å². The number of methoxy groups -OCH3 is 2. The first-order chi connectivity index (χ1) is 30.4. The zero-order valence-corrected chi connectivity index (χ0v) is 37.4. The van der Waals surface area contributed by atoms with Crippen LogP contribution in [0.3, 0.4) is 0 Å². The lowest BCUT2D eigenvalue weighted by Gasteiger charge is -2.43. The Balaban J connectivity index is 1.33. The van der Waals surface area contributed by atoms with E-state index < -0.39 is 55.9 Å². The number of ether oxygens (including phenoxy) is 5. The van der Waals surface area contributed by atoms with Crippen LogP contribution >= 0.6 is 8.53 Å². The molecular weight excluding hydrogens is 822 g/mol. The number of amides is 1. The van der Waals surface area contributed by atoms with Gasteiger partial charge in [0.25, 0.3) is 14.4 Å². The zero-order chi connectivity index (χ0) is 44.7. The molecule has 2 aliphatic rings. The SMILES string of the molecule is COc1ccc(C(OC[C@]23O[C@@H](n4ccc(NC(=O)c5ccccc5)nc4=O)[C@H](O[C@H]2C)[C@@H]3OP(OCCC#N)N(C(C)C)C(C)C)(c2ccccc2)c2ccc(OC)cc2)cc1. The Morgan fingerprint density at radius 3 is 2.00 bits per heavy atom. The molecule has 2 fully saturated rings. The number of carbonyl (C=O) groups is 1. The van der Waals surface area contributed by atoms with Crippen molar-refractivity contribution in [2.45, 2.75) is 88.9 Å². The molecule has 3 heterocycles. The highest BCUT2D eigenvalue weighted by atomic mass is 31.2. The molecule has 0 radical (unpaired) electrons. The van der Waals surface area contributed by atoms with Gasteiger partial charge in [0.2, 0.25) is 0 Å². The molecule has 330 valence electrons. The van der Waals surface area contributed by atoms with Crippen molar-refractivity contribution in [1.82, 2.24) is 14.2 Å². The van der Waals surface area contributed by atoms with E-state index in [0.717, 1.165) is 16.7 Å². The Kier molecular flexibility index (Phi) is 14.4. The zero-order valence-electron chi connectivity index (χ0n) is 36.5. The molecule has 1 aromatic heterocycles. The predicted octanol–water partition coefficient (Wildman–Crippen LogP) is 8.24. The van der Waals surface area contributed by atoms with Crippen molar-refractivity contribution in [1.29, 1.82) is 5.26 Å². The molecular formula is C48H54N5O9P. The topological polar surface area (TPSA) is 156 Å². The van der Waals surface area contributed by atoms with Gasteiger partial charge >= 0.3 is 5.69 Å². The minimum Gasteiger partial charge on any atom is -0.497 e. The summed E-state index contributed by atoms with van der Waals surface area (Å²) >= 11 is 0. The Morgan fingerprint density at radius 2 is 1.46 bits per heavy atom. The quantitative estimate of drug-likeness (QED) is 0.0483. The number of rotatable bonds is 19. The number of aromatic nitrogens is 2. The smallest absolute Gasteiger partial charge is 0.351 e. The lowest BCUT2D eigenvalue weighted by Crippen LogP contribution is -2.53. The second-order valence-electron chi connectivity index (χ2n) is 15.9. The van der Waals surface area contributed by atoms with Gasteiger partial charge in [-0.15, -0.1) is 0 Å². The number of fused-ring (bicyclic) bond motifs is 2. The normalized spacial score (nSPS) is 21.1. The Morgan fingerprint density at radius 1 is 0.889 bits per heavy atom. The second-order valence-corrected chi connectivity index (χ2v) is 17.3. The summed E-state index contributed by atoms with van der Waals surface area (Å²) in [6.07, 6.45) is -1.63. The molecule has 2 bridgehead atoms. The maximum Gasteiger partial charge on any atom is 0.351 e. The van der Waals surface area contributed by atoms with Crippen molar-refractivity contribution >= 4 is 20.3 Å². The van der Waals surface area contributed by atoms with E-state index in [1.165, 1.54) is 10.8 Å². The van der Waals surface area contributed by atoms with Crippen LogP contribution in [-0.2, 0) is 28.9 Å². The lowest BCUT2D eigenvalue weighted by atomic mass is 9.79. The highest BCUT2D eigenvalue weighted by Crippen LogP contribution is 2.58. The molecule has 4 aromatic carbocycles. The number of hydrogen-bond donors (Lipinski definition) is 1. The fourth-order valence-electron chi connectivity index (χ4n) is 8.34. The number of anilines is 1. The average molecular weight is 876 g/mol. The third-order valence-corrected chi connectivity index (χ3v) is 13.5. The van der Waals surface area contributed by atoms with Gasteiger partial charge in [-0.25, -0.2) is 9.46 Å². The van der Waals surface area contributed by atoms with E-state index in [1.54, 1.807) is 44.6 Å². The maximum atomic E-state index is 14.0. The van der Waals surface area contributed by atoms with Crippen LogP contribution in [0, 0.1) is 11.3 Å². The van der Waals surface area contributed by atoms with Crippen LogP contribution in [0.25, 0.3) is 0 Å². The van der Waals surface area contributed by atoms with Crippen LogP contribution in [0.5, 0.6) is 11.5 Å². The Labute approximate surface area is 369 Å². The number of nitrogens with zero attached hydrogens (tertiary/aromatic N) is 4. The number of benzene rings is 4. The first kappa shape index (κ1) is 45.5. The van der Waals surface area contributed by atoms with E-state index in [9.17, 15) is 14.9 Å². The van der Waals surface area contributed by atoms with Crippen molar-refractivity contribution < 1.29 is 37.5 Å². The molecule has 2 aliphatic heterocycles. The van der Waals surface area contributed by atoms with Gasteiger partial charge in [0.05, 0.1) is 46.0 Å². The summed E-state index contributed by atoms with van der Waals surface area (Å²) in [6.45, 7) is 10.2. The monoisotopic (exact) mass is 875 g/mol. The van der Waals surface area contributed by atoms with Crippen molar-refractivity contribution in [2.24, 2.45) is 0 Å². The van der Waals surface area contributed by atoms with Gasteiger partial charge in [-0.3, -0.25) is 9.36 Å². The fourth-order valence-corrected chi connectivity index (χ4v) is 10.1. The van der Waals surface area contributed by atoms with Crippen LogP contribution in [0.2, 0.25) is 0 Å². The minimum atomic E-state index is -1.82.